The molecule has 1 aromatic carbocycles. The Kier molecular flexibility index (Phi) is 3.73. The number of nitrogens with one attached hydrogen (secondary N) is 1. The largest absolute Gasteiger partial charge is 0.313 e. The van der Waals surface area contributed by atoms with Crippen molar-refractivity contribution in [3.63, 3.8) is 0 Å². The molecule has 1 rings (SSSR count). The fourth-order valence-corrected chi connectivity index (χ4v) is 2.20. The first-order valence-corrected chi connectivity index (χ1v) is 5.67. The lowest BCUT2D eigenvalue weighted by Gasteiger charge is -2.30. The molecule has 0 aromatic heterocycles. The Bertz CT molecular complexity index is 301. The number of benzene rings is 1. The van der Waals surface area contributed by atoms with Gasteiger partial charge in [-0.25, -0.2) is 0 Å². The summed E-state index contributed by atoms with van der Waals surface area (Å²) in [5.41, 5.74) is 1.56. The lowest BCUT2D eigenvalue weighted by atomic mass is 9.82. The van der Waals surface area contributed by atoms with Crippen molar-refractivity contribution in [2.75, 3.05) is 7.05 Å². The summed E-state index contributed by atoms with van der Waals surface area (Å²) < 4.78 is 1.14. The summed E-state index contributed by atoms with van der Waals surface area (Å²) in [7, 11) is 2.01. The molecule has 0 aliphatic rings. The van der Waals surface area contributed by atoms with Crippen molar-refractivity contribution < 1.29 is 0 Å². The molecule has 0 spiro atoms. The van der Waals surface area contributed by atoms with E-state index in [-0.39, 0.29) is 5.41 Å². The van der Waals surface area contributed by atoms with E-state index in [0.29, 0.717) is 6.04 Å². The van der Waals surface area contributed by atoms with Gasteiger partial charge in [-0.2, -0.15) is 0 Å². The van der Waals surface area contributed by atoms with Gasteiger partial charge in [-0.1, -0.05) is 48.8 Å². The van der Waals surface area contributed by atoms with Crippen LogP contribution in [0.15, 0.2) is 28.7 Å². The normalized spacial score (nSPS) is 14.1. The van der Waals surface area contributed by atoms with Crippen LogP contribution in [0.3, 0.4) is 0 Å². The van der Waals surface area contributed by atoms with E-state index in [2.05, 4.69) is 66.3 Å². The van der Waals surface area contributed by atoms with Crippen molar-refractivity contribution in [3.8, 4) is 0 Å². The van der Waals surface area contributed by atoms with Crippen LogP contribution in [0, 0.1) is 5.41 Å². The smallest absolute Gasteiger partial charge is 0.0367 e. The predicted molar refractivity (Wildman–Crippen MR) is 65.4 cm³/mol. The molecule has 78 valence electrons. The maximum atomic E-state index is 3.50. The van der Waals surface area contributed by atoms with Crippen LogP contribution in [-0.2, 0) is 0 Å². The minimum absolute atomic E-state index is 0.232. The van der Waals surface area contributed by atoms with E-state index in [1.165, 1.54) is 5.56 Å². The molecular formula is C12H18BrN. The molecule has 0 saturated carbocycles. The zero-order chi connectivity index (χ0) is 10.8. The Hall–Kier alpha value is -0.340. The maximum absolute atomic E-state index is 3.50. The van der Waals surface area contributed by atoms with Gasteiger partial charge in [0.05, 0.1) is 0 Å². The van der Waals surface area contributed by atoms with Crippen molar-refractivity contribution in [1.82, 2.24) is 5.32 Å². The van der Waals surface area contributed by atoms with Gasteiger partial charge < -0.3 is 5.32 Å². The minimum Gasteiger partial charge on any atom is -0.313 e. The van der Waals surface area contributed by atoms with E-state index in [1.807, 2.05) is 7.05 Å². The monoisotopic (exact) mass is 255 g/mol. The quantitative estimate of drug-likeness (QED) is 0.849. The Morgan fingerprint density at radius 1 is 1.29 bits per heavy atom. The summed E-state index contributed by atoms with van der Waals surface area (Å²) in [5, 5.41) is 3.36. The average molecular weight is 256 g/mol. The van der Waals surface area contributed by atoms with Crippen molar-refractivity contribution in [2.24, 2.45) is 5.41 Å². The molecule has 0 fully saturated rings. The summed E-state index contributed by atoms with van der Waals surface area (Å²) in [6.07, 6.45) is 0. The lowest BCUT2D eigenvalue weighted by molar-refractivity contribution is 0.287. The third-order valence-corrected chi connectivity index (χ3v) is 2.83. The first-order chi connectivity index (χ1) is 6.45. The summed E-state index contributed by atoms with van der Waals surface area (Å²) in [6, 6.07) is 8.86. The van der Waals surface area contributed by atoms with E-state index in [4.69, 9.17) is 0 Å². The standard InChI is InChI=1S/C12H18BrN/c1-12(2,3)11(14-4)9-6-5-7-10(13)8-9/h5-8,11,14H,1-4H3. The van der Waals surface area contributed by atoms with Gasteiger partial charge in [0.25, 0.3) is 0 Å². The highest BCUT2D eigenvalue weighted by Crippen LogP contribution is 2.33. The van der Waals surface area contributed by atoms with Gasteiger partial charge in [0, 0.05) is 10.5 Å². The second-order valence-corrected chi connectivity index (χ2v) is 5.56. The molecule has 0 heterocycles. The van der Waals surface area contributed by atoms with Crippen molar-refractivity contribution in [2.45, 2.75) is 26.8 Å². The van der Waals surface area contributed by atoms with Crippen LogP contribution in [0.5, 0.6) is 0 Å². The number of halogens is 1. The Morgan fingerprint density at radius 2 is 1.93 bits per heavy atom. The molecule has 2 heteroatoms. The van der Waals surface area contributed by atoms with Crippen LogP contribution in [0.4, 0.5) is 0 Å². The van der Waals surface area contributed by atoms with Crippen LogP contribution in [-0.4, -0.2) is 7.05 Å². The van der Waals surface area contributed by atoms with Crippen LogP contribution < -0.4 is 5.32 Å². The fraction of sp³-hybridized carbons (Fsp3) is 0.500. The molecule has 0 aliphatic carbocycles. The number of hydrogen-bond acceptors (Lipinski definition) is 1. The second-order valence-electron chi connectivity index (χ2n) is 4.64. The molecule has 0 amide bonds. The van der Waals surface area contributed by atoms with E-state index >= 15 is 0 Å². The molecule has 1 N–H and O–H groups in total. The molecule has 0 bridgehead atoms. The lowest BCUT2D eigenvalue weighted by Crippen LogP contribution is -2.29. The minimum atomic E-state index is 0.232. The molecular weight excluding hydrogens is 238 g/mol. The van der Waals surface area contributed by atoms with Gasteiger partial charge in [0.1, 0.15) is 0 Å². The molecule has 1 atom stereocenters. The SMILES string of the molecule is CNC(c1cccc(Br)c1)C(C)(C)C. The van der Waals surface area contributed by atoms with Gasteiger partial charge in [-0.15, -0.1) is 0 Å². The van der Waals surface area contributed by atoms with Gasteiger partial charge in [0.15, 0.2) is 0 Å². The summed E-state index contributed by atoms with van der Waals surface area (Å²) in [6.45, 7) is 6.74. The molecule has 1 aromatic rings. The molecule has 1 unspecified atom stereocenters. The zero-order valence-corrected chi connectivity index (χ0v) is 10.9. The highest BCUT2D eigenvalue weighted by atomic mass is 79.9. The van der Waals surface area contributed by atoms with Gasteiger partial charge >= 0.3 is 0 Å². The van der Waals surface area contributed by atoms with E-state index < -0.39 is 0 Å². The summed E-state index contributed by atoms with van der Waals surface area (Å²) in [5.74, 6) is 0. The molecule has 14 heavy (non-hydrogen) atoms. The molecule has 1 nitrogen and oxygen atoms in total. The average Bonchev–Trinajstić information content (AvgIpc) is 2.02. The highest BCUT2D eigenvalue weighted by Gasteiger charge is 2.24. The highest BCUT2D eigenvalue weighted by molar-refractivity contribution is 9.10. The van der Waals surface area contributed by atoms with Crippen LogP contribution >= 0.6 is 15.9 Å². The zero-order valence-electron chi connectivity index (χ0n) is 9.26. The second kappa shape index (κ2) is 4.45. The van der Waals surface area contributed by atoms with Crippen LogP contribution in [0.2, 0.25) is 0 Å². The van der Waals surface area contributed by atoms with E-state index in [0.717, 1.165) is 4.47 Å². The Balaban J connectivity index is 3.01. The Morgan fingerprint density at radius 3 is 2.36 bits per heavy atom. The fourth-order valence-electron chi connectivity index (χ4n) is 1.79. The molecule has 0 aliphatic heterocycles. The van der Waals surface area contributed by atoms with Gasteiger partial charge in [-0.3, -0.25) is 0 Å². The third kappa shape index (κ3) is 2.82. The third-order valence-electron chi connectivity index (χ3n) is 2.34. The van der Waals surface area contributed by atoms with Crippen LogP contribution in [0.25, 0.3) is 0 Å². The van der Waals surface area contributed by atoms with Gasteiger partial charge in [-0.05, 0) is 30.2 Å². The predicted octanol–water partition coefficient (Wildman–Crippen LogP) is 3.76. The van der Waals surface area contributed by atoms with Crippen molar-refractivity contribution in [1.29, 1.82) is 0 Å². The first-order valence-electron chi connectivity index (χ1n) is 4.88. The first kappa shape index (κ1) is 11.7. The van der Waals surface area contributed by atoms with Gasteiger partial charge in [0.2, 0.25) is 0 Å². The van der Waals surface area contributed by atoms with Crippen LogP contribution in [0.1, 0.15) is 32.4 Å². The number of rotatable bonds is 2. The van der Waals surface area contributed by atoms with E-state index in [9.17, 15) is 0 Å². The Labute approximate surface area is 95.0 Å². The molecule has 0 saturated heterocycles. The topological polar surface area (TPSA) is 12.0 Å². The molecule has 0 radical (unpaired) electrons. The maximum Gasteiger partial charge on any atom is 0.0367 e. The van der Waals surface area contributed by atoms with E-state index in [1.54, 1.807) is 0 Å². The number of hydrogen-bond donors (Lipinski definition) is 1. The summed E-state index contributed by atoms with van der Waals surface area (Å²) >= 11 is 3.50. The summed E-state index contributed by atoms with van der Waals surface area (Å²) in [4.78, 5) is 0. The van der Waals surface area contributed by atoms with Crippen molar-refractivity contribution >= 4 is 15.9 Å². The van der Waals surface area contributed by atoms with Crippen molar-refractivity contribution in [3.05, 3.63) is 34.3 Å².